The fraction of sp³-hybridized carbons (Fsp3) is 0.417. The standard InChI is InChI=1S/C24H26FN3O6/c1-16(29)17-6-7-19(18(25)14-17)26-9-11-27(12-10-26)22(30)15-34-24(32)20-4-2-8-28(20)23(31)21-5-3-13-33-21/h3,5-7,13-14,20H,2,4,8-12,15H2,1H3/t20-/m0/s1. The third-order valence-corrected chi connectivity index (χ3v) is 6.18. The minimum atomic E-state index is -0.747. The molecule has 2 aromatic rings. The number of furan rings is 1. The van der Waals surface area contributed by atoms with Crippen LogP contribution in [0.2, 0.25) is 0 Å². The van der Waals surface area contributed by atoms with E-state index in [0.717, 1.165) is 0 Å². The summed E-state index contributed by atoms with van der Waals surface area (Å²) in [6.07, 6.45) is 2.52. The highest BCUT2D eigenvalue weighted by Crippen LogP contribution is 2.23. The molecule has 0 N–H and O–H groups in total. The van der Waals surface area contributed by atoms with E-state index in [1.807, 2.05) is 4.90 Å². The van der Waals surface area contributed by atoms with Gasteiger partial charge in [-0.15, -0.1) is 0 Å². The summed E-state index contributed by atoms with van der Waals surface area (Å²) < 4.78 is 24.8. The summed E-state index contributed by atoms with van der Waals surface area (Å²) in [5.41, 5.74) is 0.689. The van der Waals surface area contributed by atoms with Crippen molar-refractivity contribution in [2.24, 2.45) is 0 Å². The van der Waals surface area contributed by atoms with Crippen molar-refractivity contribution in [2.45, 2.75) is 25.8 Å². The average Bonchev–Trinajstić information content (AvgIpc) is 3.54. The first kappa shape index (κ1) is 23.5. The van der Waals surface area contributed by atoms with E-state index in [-0.39, 0.29) is 23.4 Å². The van der Waals surface area contributed by atoms with Crippen LogP contribution in [0.15, 0.2) is 41.0 Å². The second-order valence-corrected chi connectivity index (χ2v) is 8.33. The molecule has 10 heteroatoms. The molecule has 0 saturated carbocycles. The first-order valence-corrected chi connectivity index (χ1v) is 11.2. The molecule has 1 aromatic carbocycles. The predicted octanol–water partition coefficient (Wildman–Crippen LogP) is 2.12. The maximum absolute atomic E-state index is 14.4. The van der Waals surface area contributed by atoms with Crippen molar-refractivity contribution in [3.63, 3.8) is 0 Å². The van der Waals surface area contributed by atoms with E-state index in [1.165, 1.54) is 30.2 Å². The van der Waals surface area contributed by atoms with Gasteiger partial charge in [-0.25, -0.2) is 9.18 Å². The highest BCUT2D eigenvalue weighted by Gasteiger charge is 2.37. The first-order valence-electron chi connectivity index (χ1n) is 11.2. The monoisotopic (exact) mass is 471 g/mol. The van der Waals surface area contributed by atoms with Crippen molar-refractivity contribution in [1.29, 1.82) is 0 Å². The molecule has 0 bridgehead atoms. The molecule has 1 atom stereocenters. The number of rotatable bonds is 6. The van der Waals surface area contributed by atoms with Gasteiger partial charge in [-0.2, -0.15) is 0 Å². The highest BCUT2D eigenvalue weighted by molar-refractivity contribution is 5.95. The summed E-state index contributed by atoms with van der Waals surface area (Å²) in [5.74, 6) is -1.87. The first-order chi connectivity index (χ1) is 16.3. The Kier molecular flexibility index (Phi) is 6.95. The van der Waals surface area contributed by atoms with Crippen molar-refractivity contribution in [2.75, 3.05) is 44.2 Å². The molecule has 2 aliphatic rings. The predicted molar refractivity (Wildman–Crippen MR) is 119 cm³/mol. The van der Waals surface area contributed by atoms with Gasteiger partial charge in [-0.05, 0) is 50.1 Å². The van der Waals surface area contributed by atoms with Crippen molar-refractivity contribution < 1.29 is 32.7 Å². The number of anilines is 1. The maximum atomic E-state index is 14.4. The summed E-state index contributed by atoms with van der Waals surface area (Å²) in [5, 5.41) is 0. The fourth-order valence-corrected chi connectivity index (χ4v) is 4.30. The molecule has 0 spiro atoms. The molecule has 34 heavy (non-hydrogen) atoms. The molecular formula is C24H26FN3O6. The van der Waals surface area contributed by atoms with Gasteiger partial charge in [0.15, 0.2) is 18.2 Å². The SMILES string of the molecule is CC(=O)c1ccc(N2CCN(C(=O)COC(=O)[C@@H]3CCCN3C(=O)c3ccco3)CC2)c(F)c1. The number of hydrogen-bond acceptors (Lipinski definition) is 7. The molecule has 0 unspecified atom stereocenters. The van der Waals surface area contributed by atoms with E-state index >= 15 is 0 Å². The van der Waals surface area contributed by atoms with Crippen molar-refractivity contribution in [1.82, 2.24) is 9.80 Å². The second-order valence-electron chi connectivity index (χ2n) is 8.33. The third-order valence-electron chi connectivity index (χ3n) is 6.18. The molecule has 1 aromatic heterocycles. The molecule has 3 heterocycles. The summed E-state index contributed by atoms with van der Waals surface area (Å²) >= 11 is 0. The molecule has 2 saturated heterocycles. The lowest BCUT2D eigenvalue weighted by atomic mass is 10.1. The van der Waals surface area contributed by atoms with Crippen LogP contribution in [-0.4, -0.2) is 78.7 Å². The van der Waals surface area contributed by atoms with E-state index in [4.69, 9.17) is 9.15 Å². The van der Waals surface area contributed by atoms with Crippen LogP contribution in [0.5, 0.6) is 0 Å². The van der Waals surface area contributed by atoms with Crippen molar-refractivity contribution >= 4 is 29.3 Å². The quantitative estimate of drug-likeness (QED) is 0.470. The lowest BCUT2D eigenvalue weighted by Crippen LogP contribution is -2.50. The third kappa shape index (κ3) is 4.95. The van der Waals surface area contributed by atoms with E-state index in [0.29, 0.717) is 56.8 Å². The lowest BCUT2D eigenvalue weighted by Gasteiger charge is -2.36. The Morgan fingerprint density at radius 1 is 1.09 bits per heavy atom. The van der Waals surface area contributed by atoms with Gasteiger partial charge >= 0.3 is 5.97 Å². The van der Waals surface area contributed by atoms with Gasteiger partial charge in [0, 0.05) is 38.3 Å². The number of carbonyl (C=O) groups excluding carboxylic acids is 4. The Morgan fingerprint density at radius 2 is 1.85 bits per heavy atom. The van der Waals surface area contributed by atoms with Gasteiger partial charge in [0.25, 0.3) is 11.8 Å². The van der Waals surface area contributed by atoms with Gasteiger partial charge in [-0.3, -0.25) is 14.4 Å². The number of likely N-dealkylation sites (tertiary alicyclic amines) is 1. The Hall–Kier alpha value is -3.69. The van der Waals surface area contributed by atoms with Crippen LogP contribution >= 0.6 is 0 Å². The second kappa shape index (κ2) is 10.1. The molecule has 2 aliphatic heterocycles. The number of ether oxygens (including phenoxy) is 1. The van der Waals surface area contributed by atoms with Crippen LogP contribution in [-0.2, 0) is 14.3 Å². The Bertz CT molecular complexity index is 1080. The molecule has 4 rings (SSSR count). The van der Waals surface area contributed by atoms with E-state index in [1.54, 1.807) is 23.1 Å². The zero-order valence-corrected chi connectivity index (χ0v) is 18.9. The normalized spacial score (nSPS) is 18.2. The smallest absolute Gasteiger partial charge is 0.329 e. The van der Waals surface area contributed by atoms with Crippen LogP contribution < -0.4 is 4.90 Å². The van der Waals surface area contributed by atoms with Gasteiger partial charge in [0.2, 0.25) is 0 Å². The van der Waals surface area contributed by atoms with Crippen molar-refractivity contribution in [3.8, 4) is 0 Å². The van der Waals surface area contributed by atoms with Crippen LogP contribution in [0, 0.1) is 5.82 Å². The summed E-state index contributed by atoms with van der Waals surface area (Å²) in [6, 6.07) is 6.77. The highest BCUT2D eigenvalue weighted by atomic mass is 19.1. The summed E-state index contributed by atoms with van der Waals surface area (Å²) in [7, 11) is 0. The molecule has 0 radical (unpaired) electrons. The van der Waals surface area contributed by atoms with Crippen LogP contribution in [0.1, 0.15) is 40.7 Å². The number of halogens is 1. The number of piperazine rings is 1. The fourth-order valence-electron chi connectivity index (χ4n) is 4.30. The zero-order valence-electron chi connectivity index (χ0n) is 18.9. The van der Waals surface area contributed by atoms with Gasteiger partial charge in [0.1, 0.15) is 11.9 Å². The van der Waals surface area contributed by atoms with Gasteiger partial charge < -0.3 is 23.9 Å². The topological polar surface area (TPSA) is 100 Å². The van der Waals surface area contributed by atoms with Gasteiger partial charge in [0.05, 0.1) is 12.0 Å². The van der Waals surface area contributed by atoms with Crippen LogP contribution in [0.25, 0.3) is 0 Å². The minimum Gasteiger partial charge on any atom is -0.459 e. The number of amides is 2. The van der Waals surface area contributed by atoms with E-state index in [9.17, 15) is 23.6 Å². The molecule has 180 valence electrons. The molecular weight excluding hydrogens is 445 g/mol. The maximum Gasteiger partial charge on any atom is 0.329 e. The average molecular weight is 471 g/mol. The molecule has 2 fully saturated rings. The zero-order chi connectivity index (χ0) is 24.2. The molecule has 9 nitrogen and oxygen atoms in total. The van der Waals surface area contributed by atoms with E-state index < -0.39 is 24.4 Å². The number of esters is 1. The number of nitrogens with zero attached hydrogens (tertiary/aromatic N) is 3. The number of benzene rings is 1. The van der Waals surface area contributed by atoms with Gasteiger partial charge in [-0.1, -0.05) is 0 Å². The Balaban J connectivity index is 1.27. The number of ketones is 1. The number of carbonyl (C=O) groups is 4. The van der Waals surface area contributed by atoms with Crippen LogP contribution in [0.4, 0.5) is 10.1 Å². The van der Waals surface area contributed by atoms with E-state index in [2.05, 4.69) is 0 Å². The molecule has 0 aliphatic carbocycles. The van der Waals surface area contributed by atoms with Crippen molar-refractivity contribution in [3.05, 3.63) is 53.7 Å². The Labute approximate surface area is 196 Å². The lowest BCUT2D eigenvalue weighted by molar-refractivity contribution is -0.155. The number of hydrogen-bond donors (Lipinski definition) is 0. The number of Topliss-reactive ketones (excluding diaryl/α,β-unsaturated/α-hetero) is 1. The largest absolute Gasteiger partial charge is 0.459 e. The summed E-state index contributed by atoms with van der Waals surface area (Å²) in [4.78, 5) is 53.9. The Morgan fingerprint density at radius 3 is 2.50 bits per heavy atom. The molecule has 2 amide bonds. The van der Waals surface area contributed by atoms with Crippen LogP contribution in [0.3, 0.4) is 0 Å². The summed E-state index contributed by atoms with van der Waals surface area (Å²) in [6.45, 7) is 2.88. The minimum absolute atomic E-state index is 0.154.